The van der Waals surface area contributed by atoms with Crippen LogP contribution < -0.4 is 4.90 Å². The van der Waals surface area contributed by atoms with E-state index in [1.807, 2.05) is 23.1 Å². The van der Waals surface area contributed by atoms with Gasteiger partial charge >= 0.3 is 12.0 Å². The van der Waals surface area contributed by atoms with Crippen LogP contribution in [0.25, 0.3) is 0 Å². The zero-order chi connectivity index (χ0) is 17.8. The van der Waals surface area contributed by atoms with Crippen molar-refractivity contribution in [1.82, 2.24) is 9.88 Å². The number of aryl methyl sites for hydroxylation is 1. The molecule has 1 aromatic heterocycles. The molecule has 2 aromatic rings. The molecule has 2 heterocycles. The van der Waals surface area contributed by atoms with Gasteiger partial charge in [0.2, 0.25) is 0 Å². The van der Waals surface area contributed by atoms with Gasteiger partial charge < -0.3 is 9.64 Å². The number of anilines is 1. The third-order valence-corrected chi connectivity index (χ3v) is 5.25. The quantitative estimate of drug-likeness (QED) is 0.744. The van der Waals surface area contributed by atoms with Crippen molar-refractivity contribution in [1.29, 1.82) is 0 Å². The Labute approximate surface area is 151 Å². The summed E-state index contributed by atoms with van der Waals surface area (Å²) in [5, 5.41) is 0.563. The minimum Gasteiger partial charge on any atom is -0.462 e. The van der Waals surface area contributed by atoms with Crippen LogP contribution in [0.15, 0.2) is 30.3 Å². The summed E-state index contributed by atoms with van der Waals surface area (Å²) < 4.78 is 5.04. The van der Waals surface area contributed by atoms with E-state index in [1.165, 1.54) is 16.9 Å². The lowest BCUT2D eigenvalue weighted by molar-refractivity contribution is 0.0531. The van der Waals surface area contributed by atoms with E-state index in [9.17, 15) is 9.59 Å². The molecular formula is C18H21N3O3S. The van der Waals surface area contributed by atoms with Gasteiger partial charge in [-0.2, -0.15) is 0 Å². The summed E-state index contributed by atoms with van der Waals surface area (Å²) in [6, 6.07) is 10.1. The number of benzene rings is 1. The predicted molar refractivity (Wildman–Crippen MR) is 97.3 cm³/mol. The summed E-state index contributed by atoms with van der Waals surface area (Å²) in [6.45, 7) is 5.78. The highest BCUT2D eigenvalue weighted by Gasteiger charge is 2.32. The molecule has 0 N–H and O–H groups in total. The monoisotopic (exact) mass is 359 g/mol. The van der Waals surface area contributed by atoms with Crippen molar-refractivity contribution in [2.75, 3.05) is 31.1 Å². The number of urea groups is 1. The molecule has 0 aliphatic carbocycles. The Morgan fingerprint density at radius 1 is 1.28 bits per heavy atom. The number of nitrogens with zero attached hydrogens (tertiary/aromatic N) is 3. The van der Waals surface area contributed by atoms with Crippen LogP contribution >= 0.6 is 11.3 Å². The van der Waals surface area contributed by atoms with Gasteiger partial charge in [-0.25, -0.2) is 14.6 Å². The first-order chi connectivity index (χ1) is 12.1. The number of amides is 2. The molecule has 25 heavy (non-hydrogen) atoms. The van der Waals surface area contributed by atoms with E-state index in [4.69, 9.17) is 4.74 Å². The van der Waals surface area contributed by atoms with Crippen LogP contribution in [-0.2, 0) is 11.2 Å². The summed E-state index contributed by atoms with van der Waals surface area (Å²) in [6.07, 6.45) is 0.825. The van der Waals surface area contributed by atoms with Gasteiger partial charge in [-0.1, -0.05) is 41.7 Å². The molecule has 0 atom stereocenters. The number of hydrogen-bond donors (Lipinski definition) is 0. The van der Waals surface area contributed by atoms with E-state index >= 15 is 0 Å². The lowest BCUT2D eigenvalue weighted by Gasteiger charge is -2.16. The van der Waals surface area contributed by atoms with E-state index in [0.717, 1.165) is 6.42 Å². The topological polar surface area (TPSA) is 62.7 Å². The minimum absolute atomic E-state index is 0.0555. The van der Waals surface area contributed by atoms with Crippen LogP contribution in [0.2, 0.25) is 0 Å². The SMILES string of the molecule is CCOC(=O)c1sc(N2CCN(CCc3ccccc3)C2=O)nc1C. The fourth-order valence-corrected chi connectivity index (χ4v) is 3.74. The summed E-state index contributed by atoms with van der Waals surface area (Å²) >= 11 is 1.22. The van der Waals surface area contributed by atoms with E-state index < -0.39 is 0 Å². The average molecular weight is 359 g/mol. The first kappa shape index (κ1) is 17.4. The minimum atomic E-state index is -0.378. The highest BCUT2D eigenvalue weighted by molar-refractivity contribution is 7.17. The molecular weight excluding hydrogens is 338 g/mol. The lowest BCUT2D eigenvalue weighted by Crippen LogP contribution is -2.33. The maximum Gasteiger partial charge on any atom is 0.350 e. The fraction of sp³-hybridized carbons (Fsp3) is 0.389. The highest BCUT2D eigenvalue weighted by Crippen LogP contribution is 2.29. The molecule has 1 saturated heterocycles. The zero-order valence-electron chi connectivity index (χ0n) is 14.4. The molecule has 0 saturated carbocycles. The van der Waals surface area contributed by atoms with Crippen molar-refractivity contribution in [3.05, 3.63) is 46.5 Å². The molecule has 0 unspecified atom stereocenters. The fourth-order valence-electron chi connectivity index (χ4n) is 2.76. The number of hydrogen-bond acceptors (Lipinski definition) is 5. The zero-order valence-corrected chi connectivity index (χ0v) is 15.2. The van der Waals surface area contributed by atoms with Crippen molar-refractivity contribution < 1.29 is 14.3 Å². The van der Waals surface area contributed by atoms with Crippen LogP contribution in [0.3, 0.4) is 0 Å². The highest BCUT2D eigenvalue weighted by atomic mass is 32.1. The molecule has 132 valence electrons. The summed E-state index contributed by atoms with van der Waals surface area (Å²) in [5.41, 5.74) is 1.82. The molecule has 2 amide bonds. The van der Waals surface area contributed by atoms with E-state index in [-0.39, 0.29) is 12.0 Å². The predicted octanol–water partition coefficient (Wildman–Crippen LogP) is 3.11. The maximum atomic E-state index is 12.6. The van der Waals surface area contributed by atoms with Gasteiger partial charge in [-0.15, -0.1) is 0 Å². The second kappa shape index (κ2) is 7.65. The first-order valence-electron chi connectivity index (χ1n) is 8.35. The normalized spacial score (nSPS) is 14.2. The van der Waals surface area contributed by atoms with Gasteiger partial charge in [0.1, 0.15) is 4.88 Å². The third-order valence-electron chi connectivity index (χ3n) is 4.09. The Kier molecular flexibility index (Phi) is 5.33. The maximum absolute atomic E-state index is 12.6. The number of carbonyl (C=O) groups excluding carboxylic acids is 2. The molecule has 3 rings (SSSR count). The van der Waals surface area contributed by atoms with Gasteiger partial charge in [0.15, 0.2) is 5.13 Å². The van der Waals surface area contributed by atoms with Crippen LogP contribution in [0.1, 0.15) is 27.9 Å². The summed E-state index contributed by atoms with van der Waals surface area (Å²) in [4.78, 5) is 32.9. The molecule has 1 aliphatic rings. The number of rotatable bonds is 6. The van der Waals surface area contributed by atoms with Crippen molar-refractivity contribution >= 4 is 28.5 Å². The van der Waals surface area contributed by atoms with Crippen LogP contribution in [0.5, 0.6) is 0 Å². The van der Waals surface area contributed by atoms with Crippen LogP contribution in [0.4, 0.5) is 9.93 Å². The molecule has 6 nitrogen and oxygen atoms in total. The molecule has 0 radical (unpaired) electrons. The smallest absolute Gasteiger partial charge is 0.350 e. The van der Waals surface area contributed by atoms with Gasteiger partial charge in [-0.05, 0) is 25.8 Å². The second-order valence-electron chi connectivity index (χ2n) is 5.79. The first-order valence-corrected chi connectivity index (χ1v) is 9.16. The van der Waals surface area contributed by atoms with Crippen molar-refractivity contribution in [2.24, 2.45) is 0 Å². The number of ether oxygens (including phenoxy) is 1. The van der Waals surface area contributed by atoms with Crippen LogP contribution in [-0.4, -0.2) is 48.1 Å². The number of esters is 1. The largest absolute Gasteiger partial charge is 0.462 e. The lowest BCUT2D eigenvalue weighted by atomic mass is 10.1. The number of carbonyl (C=O) groups is 2. The molecule has 7 heteroatoms. The summed E-state index contributed by atoms with van der Waals surface area (Å²) in [5.74, 6) is -0.378. The van der Waals surface area contributed by atoms with Gasteiger partial charge in [0.25, 0.3) is 0 Å². The molecule has 1 aliphatic heterocycles. The van der Waals surface area contributed by atoms with Crippen molar-refractivity contribution in [3.8, 4) is 0 Å². The Morgan fingerprint density at radius 2 is 2.04 bits per heavy atom. The number of aromatic nitrogens is 1. The van der Waals surface area contributed by atoms with Gasteiger partial charge in [-0.3, -0.25) is 4.90 Å². The molecule has 0 bridgehead atoms. The molecule has 1 aromatic carbocycles. The number of thiazole rings is 1. The molecule has 0 spiro atoms. The van der Waals surface area contributed by atoms with E-state index in [1.54, 1.807) is 18.7 Å². The average Bonchev–Trinajstić information content (AvgIpc) is 3.17. The van der Waals surface area contributed by atoms with Crippen molar-refractivity contribution in [2.45, 2.75) is 20.3 Å². The standard InChI is InChI=1S/C18H21N3O3S/c1-3-24-16(22)15-13(2)19-17(25-15)21-12-11-20(18(21)23)10-9-14-7-5-4-6-8-14/h4-8H,3,9-12H2,1-2H3. The van der Waals surface area contributed by atoms with Crippen molar-refractivity contribution in [3.63, 3.8) is 0 Å². The summed E-state index contributed by atoms with van der Waals surface area (Å²) in [7, 11) is 0. The second-order valence-corrected chi connectivity index (χ2v) is 6.77. The third kappa shape index (κ3) is 3.82. The van der Waals surface area contributed by atoms with Crippen LogP contribution in [0, 0.1) is 6.92 Å². The Hall–Kier alpha value is -2.41. The van der Waals surface area contributed by atoms with Gasteiger partial charge in [0, 0.05) is 19.6 Å². The Bertz CT molecular complexity index is 760. The van der Waals surface area contributed by atoms with E-state index in [0.29, 0.717) is 41.9 Å². The Balaban J connectivity index is 1.65. The Morgan fingerprint density at radius 3 is 2.76 bits per heavy atom. The van der Waals surface area contributed by atoms with Gasteiger partial charge in [0.05, 0.1) is 12.3 Å². The van der Waals surface area contributed by atoms with E-state index in [2.05, 4.69) is 17.1 Å². The molecule has 1 fully saturated rings.